The van der Waals surface area contributed by atoms with Gasteiger partial charge in [-0.1, -0.05) is 13.8 Å². The van der Waals surface area contributed by atoms with Crippen LogP contribution in [0.4, 0.5) is 0 Å². The molecule has 2 N–H and O–H groups in total. The SMILES string of the molecule is CCN(CC)CCCNC(=NC)NCCOC.I. The Morgan fingerprint density at radius 3 is 2.28 bits per heavy atom. The minimum absolute atomic E-state index is 0. The van der Waals surface area contributed by atoms with E-state index in [0.29, 0.717) is 6.61 Å². The van der Waals surface area contributed by atoms with Crippen LogP contribution in [0.15, 0.2) is 4.99 Å². The van der Waals surface area contributed by atoms with Crippen molar-refractivity contribution in [3.63, 3.8) is 0 Å². The predicted octanol–water partition coefficient (Wildman–Crippen LogP) is 1.15. The number of nitrogens with zero attached hydrogens (tertiary/aromatic N) is 2. The molecule has 110 valence electrons. The average molecular weight is 372 g/mol. The van der Waals surface area contributed by atoms with Gasteiger partial charge in [-0.15, -0.1) is 24.0 Å². The summed E-state index contributed by atoms with van der Waals surface area (Å²) in [6.07, 6.45) is 1.13. The van der Waals surface area contributed by atoms with E-state index in [2.05, 4.69) is 34.4 Å². The van der Waals surface area contributed by atoms with Crippen molar-refractivity contribution in [1.29, 1.82) is 0 Å². The molecule has 6 heteroatoms. The van der Waals surface area contributed by atoms with Gasteiger partial charge < -0.3 is 20.3 Å². The van der Waals surface area contributed by atoms with Gasteiger partial charge in [0.1, 0.15) is 0 Å². The highest BCUT2D eigenvalue weighted by Gasteiger charge is 1.99. The third kappa shape index (κ3) is 11.0. The average Bonchev–Trinajstić information content (AvgIpc) is 2.37. The summed E-state index contributed by atoms with van der Waals surface area (Å²) < 4.78 is 4.97. The third-order valence-electron chi connectivity index (χ3n) is 2.66. The van der Waals surface area contributed by atoms with Gasteiger partial charge >= 0.3 is 0 Å². The van der Waals surface area contributed by atoms with E-state index in [1.54, 1.807) is 14.2 Å². The fourth-order valence-electron chi connectivity index (χ4n) is 1.54. The molecule has 0 spiro atoms. The second kappa shape index (κ2) is 15.0. The summed E-state index contributed by atoms with van der Waals surface area (Å²) in [5.41, 5.74) is 0. The van der Waals surface area contributed by atoms with Crippen molar-refractivity contribution in [2.75, 3.05) is 53.5 Å². The van der Waals surface area contributed by atoms with Crippen LogP contribution in [0, 0.1) is 0 Å². The van der Waals surface area contributed by atoms with Crippen LogP contribution >= 0.6 is 24.0 Å². The first-order valence-corrected chi connectivity index (χ1v) is 6.44. The number of guanidine groups is 1. The molecule has 0 aromatic rings. The van der Waals surface area contributed by atoms with E-state index >= 15 is 0 Å². The second-order valence-electron chi connectivity index (χ2n) is 3.80. The van der Waals surface area contributed by atoms with Crippen LogP contribution in [0.5, 0.6) is 0 Å². The lowest BCUT2D eigenvalue weighted by Crippen LogP contribution is -2.40. The van der Waals surface area contributed by atoms with E-state index in [9.17, 15) is 0 Å². The highest BCUT2D eigenvalue weighted by atomic mass is 127. The van der Waals surface area contributed by atoms with Crippen LogP contribution in [0.3, 0.4) is 0 Å². The molecular formula is C12H29IN4O. The number of methoxy groups -OCH3 is 1. The van der Waals surface area contributed by atoms with Crippen LogP contribution in [0.25, 0.3) is 0 Å². The minimum atomic E-state index is 0. The van der Waals surface area contributed by atoms with Crippen molar-refractivity contribution in [3.8, 4) is 0 Å². The molecule has 0 aliphatic rings. The molecular weight excluding hydrogens is 343 g/mol. The highest BCUT2D eigenvalue weighted by molar-refractivity contribution is 14.0. The Balaban J connectivity index is 0. The van der Waals surface area contributed by atoms with Crippen molar-refractivity contribution in [1.82, 2.24) is 15.5 Å². The molecule has 0 bridgehead atoms. The number of hydrogen-bond donors (Lipinski definition) is 2. The molecule has 0 atom stereocenters. The number of aliphatic imine (C=N–C) groups is 1. The largest absolute Gasteiger partial charge is 0.383 e. The Hall–Kier alpha value is -0.0800. The number of ether oxygens (including phenoxy) is 1. The van der Waals surface area contributed by atoms with E-state index in [0.717, 1.165) is 45.1 Å². The third-order valence-corrected chi connectivity index (χ3v) is 2.66. The molecule has 0 aliphatic carbocycles. The fourth-order valence-corrected chi connectivity index (χ4v) is 1.54. The van der Waals surface area contributed by atoms with Gasteiger partial charge in [0.05, 0.1) is 6.61 Å². The molecule has 0 radical (unpaired) electrons. The Kier molecular flexibility index (Phi) is 16.8. The van der Waals surface area contributed by atoms with E-state index in [4.69, 9.17) is 4.74 Å². The molecule has 5 nitrogen and oxygen atoms in total. The number of rotatable bonds is 9. The van der Waals surface area contributed by atoms with Gasteiger partial charge in [0.25, 0.3) is 0 Å². The zero-order valence-electron chi connectivity index (χ0n) is 12.2. The first-order valence-electron chi connectivity index (χ1n) is 6.44. The molecule has 0 heterocycles. The highest BCUT2D eigenvalue weighted by Crippen LogP contribution is 1.89. The van der Waals surface area contributed by atoms with E-state index in [1.165, 1.54) is 0 Å². The Morgan fingerprint density at radius 1 is 1.17 bits per heavy atom. The number of nitrogens with one attached hydrogen (secondary N) is 2. The standard InChI is InChI=1S/C12H28N4O.HI/c1-5-16(6-2)10-7-8-14-12(13-3)15-9-11-17-4;/h5-11H2,1-4H3,(H2,13,14,15);1H. The zero-order chi connectivity index (χ0) is 12.9. The Morgan fingerprint density at radius 2 is 1.78 bits per heavy atom. The molecule has 0 aromatic carbocycles. The van der Waals surface area contributed by atoms with Gasteiger partial charge in [-0.25, -0.2) is 0 Å². The summed E-state index contributed by atoms with van der Waals surface area (Å²) in [5, 5.41) is 6.48. The monoisotopic (exact) mass is 372 g/mol. The Labute approximate surface area is 129 Å². The van der Waals surface area contributed by atoms with Crippen LogP contribution in [0.1, 0.15) is 20.3 Å². The lowest BCUT2D eigenvalue weighted by Gasteiger charge is -2.18. The number of halogens is 1. The van der Waals surface area contributed by atoms with Crippen molar-refractivity contribution >= 4 is 29.9 Å². The molecule has 18 heavy (non-hydrogen) atoms. The smallest absolute Gasteiger partial charge is 0.191 e. The summed E-state index contributed by atoms with van der Waals surface area (Å²) in [5.74, 6) is 0.849. The Bertz CT molecular complexity index is 199. The quantitative estimate of drug-likeness (QED) is 0.276. The van der Waals surface area contributed by atoms with Gasteiger partial charge in [0, 0.05) is 27.2 Å². The maximum Gasteiger partial charge on any atom is 0.191 e. The molecule has 0 fully saturated rings. The zero-order valence-corrected chi connectivity index (χ0v) is 14.5. The van der Waals surface area contributed by atoms with Gasteiger partial charge in [-0.3, -0.25) is 4.99 Å². The van der Waals surface area contributed by atoms with Crippen molar-refractivity contribution in [3.05, 3.63) is 0 Å². The topological polar surface area (TPSA) is 48.9 Å². The fraction of sp³-hybridized carbons (Fsp3) is 0.917. The lowest BCUT2D eigenvalue weighted by atomic mass is 10.3. The number of hydrogen-bond acceptors (Lipinski definition) is 3. The molecule has 0 amide bonds. The van der Waals surface area contributed by atoms with Crippen LogP contribution in [-0.4, -0.2) is 64.3 Å². The maximum absolute atomic E-state index is 4.97. The molecule has 0 saturated carbocycles. The van der Waals surface area contributed by atoms with Gasteiger partial charge in [0.15, 0.2) is 5.96 Å². The van der Waals surface area contributed by atoms with E-state index < -0.39 is 0 Å². The molecule has 0 aromatic heterocycles. The van der Waals surface area contributed by atoms with Gasteiger partial charge in [0.2, 0.25) is 0 Å². The minimum Gasteiger partial charge on any atom is -0.383 e. The summed E-state index contributed by atoms with van der Waals surface area (Å²) in [6, 6.07) is 0. The summed E-state index contributed by atoms with van der Waals surface area (Å²) in [4.78, 5) is 6.56. The van der Waals surface area contributed by atoms with E-state index in [1.807, 2.05) is 0 Å². The summed E-state index contributed by atoms with van der Waals surface area (Å²) in [7, 11) is 3.48. The predicted molar refractivity (Wildman–Crippen MR) is 89.1 cm³/mol. The first-order chi connectivity index (χ1) is 8.28. The van der Waals surface area contributed by atoms with Crippen LogP contribution < -0.4 is 10.6 Å². The maximum atomic E-state index is 4.97. The molecule has 0 aliphatic heterocycles. The van der Waals surface area contributed by atoms with Crippen LogP contribution in [-0.2, 0) is 4.74 Å². The van der Waals surface area contributed by atoms with Crippen LogP contribution in [0.2, 0.25) is 0 Å². The summed E-state index contributed by atoms with van der Waals surface area (Å²) >= 11 is 0. The van der Waals surface area contributed by atoms with Crippen molar-refractivity contribution < 1.29 is 4.74 Å². The molecule has 0 unspecified atom stereocenters. The summed E-state index contributed by atoms with van der Waals surface area (Å²) in [6.45, 7) is 10.2. The van der Waals surface area contributed by atoms with Crippen molar-refractivity contribution in [2.45, 2.75) is 20.3 Å². The molecule has 0 rings (SSSR count). The second-order valence-corrected chi connectivity index (χ2v) is 3.80. The lowest BCUT2D eigenvalue weighted by molar-refractivity contribution is 0.203. The van der Waals surface area contributed by atoms with E-state index in [-0.39, 0.29) is 24.0 Å². The normalized spacial score (nSPS) is 11.3. The van der Waals surface area contributed by atoms with Gasteiger partial charge in [-0.2, -0.15) is 0 Å². The first kappa shape index (κ1) is 20.2. The van der Waals surface area contributed by atoms with Crippen molar-refractivity contribution in [2.24, 2.45) is 4.99 Å². The van der Waals surface area contributed by atoms with Gasteiger partial charge in [-0.05, 0) is 26.1 Å². The molecule has 0 saturated heterocycles.